The molecule has 2 aliphatic heterocycles. The van der Waals surface area contributed by atoms with Crippen molar-refractivity contribution in [2.75, 3.05) is 26.2 Å². The SMILES string of the molecule is O=S(=O)(NC[C@@H]1O[C@@H](CO)[C@@H](O)[C@H]1N1CCCC1)c1ccc(F)cc1. The molecule has 0 aromatic heterocycles. The first-order chi connectivity index (χ1) is 11.9. The first kappa shape index (κ1) is 18.7. The number of benzene rings is 1. The quantitative estimate of drug-likeness (QED) is 0.632. The van der Waals surface area contributed by atoms with Gasteiger partial charge < -0.3 is 14.9 Å². The minimum atomic E-state index is -3.81. The molecule has 1 aromatic carbocycles. The molecule has 0 amide bonds. The highest BCUT2D eigenvalue weighted by atomic mass is 32.2. The van der Waals surface area contributed by atoms with E-state index in [0.29, 0.717) is 0 Å². The summed E-state index contributed by atoms with van der Waals surface area (Å²) < 4.78 is 45.8. The van der Waals surface area contributed by atoms with Crippen LogP contribution in [0.5, 0.6) is 0 Å². The second-order valence-corrected chi connectivity index (χ2v) is 8.19. The van der Waals surface area contributed by atoms with Crippen LogP contribution in [-0.2, 0) is 14.8 Å². The molecule has 2 aliphatic rings. The Balaban J connectivity index is 1.70. The predicted molar refractivity (Wildman–Crippen MR) is 87.9 cm³/mol. The average Bonchev–Trinajstić information content (AvgIpc) is 3.21. The van der Waals surface area contributed by atoms with E-state index in [1.807, 2.05) is 0 Å². The predicted octanol–water partition coefficient (Wildman–Crippen LogP) is -0.311. The van der Waals surface area contributed by atoms with E-state index in [2.05, 4.69) is 9.62 Å². The van der Waals surface area contributed by atoms with Crippen LogP contribution in [0.2, 0.25) is 0 Å². The summed E-state index contributed by atoms with van der Waals surface area (Å²) in [6.07, 6.45) is -0.142. The molecule has 7 nitrogen and oxygen atoms in total. The zero-order valence-corrected chi connectivity index (χ0v) is 14.5. The van der Waals surface area contributed by atoms with Gasteiger partial charge in [0.25, 0.3) is 0 Å². The molecule has 3 N–H and O–H groups in total. The normalized spacial score (nSPS) is 30.8. The van der Waals surface area contributed by atoms with Gasteiger partial charge in [0.05, 0.1) is 23.6 Å². The van der Waals surface area contributed by atoms with Crippen LogP contribution in [0.3, 0.4) is 0 Å². The lowest BCUT2D eigenvalue weighted by Gasteiger charge is -2.30. The average molecular weight is 374 g/mol. The van der Waals surface area contributed by atoms with Crippen molar-refractivity contribution in [3.63, 3.8) is 0 Å². The van der Waals surface area contributed by atoms with Crippen molar-refractivity contribution in [3.05, 3.63) is 30.1 Å². The number of halogens is 1. The summed E-state index contributed by atoms with van der Waals surface area (Å²) >= 11 is 0. The third-order valence-electron chi connectivity index (χ3n) is 4.80. The lowest BCUT2D eigenvalue weighted by atomic mass is 10.0. The number of nitrogens with one attached hydrogen (secondary N) is 1. The smallest absolute Gasteiger partial charge is 0.240 e. The second kappa shape index (κ2) is 7.65. The van der Waals surface area contributed by atoms with Gasteiger partial charge in [-0.25, -0.2) is 17.5 Å². The van der Waals surface area contributed by atoms with Gasteiger partial charge in [0.15, 0.2) is 0 Å². The van der Waals surface area contributed by atoms with E-state index in [1.165, 1.54) is 12.1 Å². The molecule has 1 aromatic rings. The fraction of sp³-hybridized carbons (Fsp3) is 0.625. The molecule has 0 bridgehead atoms. The van der Waals surface area contributed by atoms with E-state index in [-0.39, 0.29) is 24.1 Å². The third kappa shape index (κ3) is 4.02. The van der Waals surface area contributed by atoms with Crippen LogP contribution in [0.1, 0.15) is 12.8 Å². The summed E-state index contributed by atoms with van der Waals surface area (Å²) in [6, 6.07) is 4.18. The van der Waals surface area contributed by atoms with Gasteiger partial charge in [-0.15, -0.1) is 0 Å². The summed E-state index contributed by atoms with van der Waals surface area (Å²) in [5.74, 6) is -0.513. The van der Waals surface area contributed by atoms with E-state index in [4.69, 9.17) is 4.74 Å². The highest BCUT2D eigenvalue weighted by Crippen LogP contribution is 2.28. The number of sulfonamides is 1. The summed E-state index contributed by atoms with van der Waals surface area (Å²) in [4.78, 5) is 2.04. The van der Waals surface area contributed by atoms with E-state index < -0.39 is 34.2 Å². The number of nitrogens with zero attached hydrogens (tertiary/aromatic N) is 1. The summed E-state index contributed by atoms with van der Waals surface area (Å²) in [5.41, 5.74) is 0. The first-order valence-electron chi connectivity index (χ1n) is 8.36. The van der Waals surface area contributed by atoms with E-state index in [9.17, 15) is 23.0 Å². The van der Waals surface area contributed by atoms with Gasteiger partial charge in [0.1, 0.15) is 18.0 Å². The minimum Gasteiger partial charge on any atom is -0.394 e. The molecule has 0 spiro atoms. The minimum absolute atomic E-state index is 0.0333. The molecule has 140 valence electrons. The van der Waals surface area contributed by atoms with Crippen LogP contribution >= 0.6 is 0 Å². The number of likely N-dealkylation sites (tertiary alicyclic amines) is 1. The molecule has 2 saturated heterocycles. The Kier molecular flexibility index (Phi) is 5.71. The van der Waals surface area contributed by atoms with E-state index in [0.717, 1.165) is 38.1 Å². The topological polar surface area (TPSA) is 99.1 Å². The number of hydrogen-bond acceptors (Lipinski definition) is 6. The summed E-state index contributed by atoms with van der Waals surface area (Å²) in [6.45, 7) is 1.26. The van der Waals surface area contributed by atoms with Crippen LogP contribution in [-0.4, -0.2) is 74.1 Å². The van der Waals surface area contributed by atoms with Crippen molar-refractivity contribution in [2.24, 2.45) is 0 Å². The maximum Gasteiger partial charge on any atom is 0.240 e. The van der Waals surface area contributed by atoms with Crippen LogP contribution in [0.4, 0.5) is 4.39 Å². The number of hydrogen-bond donors (Lipinski definition) is 3. The van der Waals surface area contributed by atoms with Gasteiger partial charge in [-0.3, -0.25) is 4.90 Å². The lowest BCUT2D eigenvalue weighted by Crippen LogP contribution is -2.50. The zero-order valence-electron chi connectivity index (χ0n) is 13.7. The number of aliphatic hydroxyl groups is 2. The molecule has 0 unspecified atom stereocenters. The van der Waals surface area contributed by atoms with Crippen molar-refractivity contribution >= 4 is 10.0 Å². The standard InChI is InChI=1S/C16H23FN2O5S/c17-11-3-5-12(6-4-11)25(22,23)18-9-13-15(19-7-1-2-8-19)16(21)14(10-20)24-13/h3-6,13-16,18,20-21H,1-2,7-10H2/t13-,14-,15-,16+/m0/s1. The van der Waals surface area contributed by atoms with Gasteiger partial charge in [0.2, 0.25) is 10.0 Å². The highest BCUT2D eigenvalue weighted by molar-refractivity contribution is 7.89. The van der Waals surface area contributed by atoms with Crippen molar-refractivity contribution in [2.45, 2.75) is 42.1 Å². The Hall–Kier alpha value is -1.10. The molecule has 2 heterocycles. The fourth-order valence-electron chi connectivity index (χ4n) is 3.53. The van der Waals surface area contributed by atoms with E-state index >= 15 is 0 Å². The van der Waals surface area contributed by atoms with Gasteiger partial charge in [0, 0.05) is 6.54 Å². The van der Waals surface area contributed by atoms with Crippen LogP contribution < -0.4 is 4.72 Å². The van der Waals surface area contributed by atoms with Crippen LogP contribution in [0.25, 0.3) is 0 Å². The molecule has 9 heteroatoms. The Bertz CT molecular complexity index is 678. The molecule has 0 saturated carbocycles. The van der Waals surface area contributed by atoms with Crippen molar-refractivity contribution in [1.29, 1.82) is 0 Å². The number of aliphatic hydroxyl groups excluding tert-OH is 2. The lowest BCUT2D eigenvalue weighted by molar-refractivity contribution is -0.0201. The Labute approximate surface area is 146 Å². The van der Waals surface area contributed by atoms with Crippen LogP contribution in [0.15, 0.2) is 29.2 Å². The number of ether oxygens (including phenoxy) is 1. The maximum atomic E-state index is 13.0. The third-order valence-corrected chi connectivity index (χ3v) is 6.24. The number of rotatable bonds is 6. The maximum absolute atomic E-state index is 13.0. The Morgan fingerprint density at radius 1 is 1.20 bits per heavy atom. The van der Waals surface area contributed by atoms with Crippen molar-refractivity contribution < 1.29 is 27.8 Å². The fourth-order valence-corrected chi connectivity index (χ4v) is 4.57. The molecule has 25 heavy (non-hydrogen) atoms. The molecule has 0 radical (unpaired) electrons. The van der Waals surface area contributed by atoms with E-state index in [1.54, 1.807) is 0 Å². The van der Waals surface area contributed by atoms with Gasteiger partial charge in [-0.1, -0.05) is 0 Å². The molecule has 0 aliphatic carbocycles. The first-order valence-corrected chi connectivity index (χ1v) is 9.84. The highest BCUT2D eigenvalue weighted by Gasteiger charge is 2.46. The van der Waals surface area contributed by atoms with Crippen molar-refractivity contribution in [3.8, 4) is 0 Å². The largest absolute Gasteiger partial charge is 0.394 e. The molecule has 4 atom stereocenters. The molecule has 3 rings (SSSR count). The zero-order chi connectivity index (χ0) is 18.0. The van der Waals surface area contributed by atoms with Gasteiger partial charge >= 0.3 is 0 Å². The molecular formula is C16H23FN2O5S. The summed E-state index contributed by atoms with van der Waals surface area (Å²) in [7, 11) is -3.81. The Morgan fingerprint density at radius 2 is 1.84 bits per heavy atom. The monoisotopic (exact) mass is 374 g/mol. The van der Waals surface area contributed by atoms with Gasteiger partial charge in [-0.05, 0) is 50.2 Å². The van der Waals surface area contributed by atoms with Crippen LogP contribution in [0, 0.1) is 5.82 Å². The second-order valence-electron chi connectivity index (χ2n) is 6.43. The summed E-state index contributed by atoms with van der Waals surface area (Å²) in [5, 5.41) is 19.8. The Morgan fingerprint density at radius 3 is 2.44 bits per heavy atom. The molecule has 2 fully saturated rings. The van der Waals surface area contributed by atoms with Gasteiger partial charge in [-0.2, -0.15) is 0 Å². The molecular weight excluding hydrogens is 351 g/mol. The van der Waals surface area contributed by atoms with Crippen molar-refractivity contribution in [1.82, 2.24) is 9.62 Å².